The third-order valence-electron chi connectivity index (χ3n) is 3.41. The van der Waals surface area contributed by atoms with E-state index < -0.39 is 18.6 Å². The predicted octanol–water partition coefficient (Wildman–Crippen LogP) is 4.27. The van der Waals surface area contributed by atoms with Crippen LogP contribution < -0.4 is 5.73 Å². The standard InChI is InChI=1S/C15H13F3N2/c16-15(17,18)8-12(19)9-5-6-14-11(7-9)10-3-1-2-4-13(10)20-14/h1-7,12,20H,8,19H2. The van der Waals surface area contributed by atoms with E-state index in [2.05, 4.69) is 4.98 Å². The molecule has 3 aromatic rings. The Morgan fingerprint density at radius 3 is 2.45 bits per heavy atom. The molecule has 2 nitrogen and oxygen atoms in total. The van der Waals surface area contributed by atoms with Crippen molar-refractivity contribution in [1.29, 1.82) is 0 Å². The summed E-state index contributed by atoms with van der Waals surface area (Å²) in [7, 11) is 0. The van der Waals surface area contributed by atoms with Crippen molar-refractivity contribution in [2.75, 3.05) is 0 Å². The summed E-state index contributed by atoms with van der Waals surface area (Å²) in [5.74, 6) is 0. The Hall–Kier alpha value is -2.01. The lowest BCUT2D eigenvalue weighted by molar-refractivity contribution is -0.138. The fraction of sp³-hybridized carbons (Fsp3) is 0.200. The van der Waals surface area contributed by atoms with E-state index in [1.54, 1.807) is 18.2 Å². The van der Waals surface area contributed by atoms with Crippen molar-refractivity contribution < 1.29 is 13.2 Å². The number of aromatic nitrogens is 1. The molecule has 0 bridgehead atoms. The van der Waals surface area contributed by atoms with Crippen molar-refractivity contribution in [2.45, 2.75) is 18.6 Å². The fourth-order valence-electron chi connectivity index (χ4n) is 2.46. The zero-order valence-electron chi connectivity index (χ0n) is 10.5. The molecule has 1 heterocycles. The molecular formula is C15H13F3N2. The number of alkyl halides is 3. The lowest BCUT2D eigenvalue weighted by Gasteiger charge is -2.14. The van der Waals surface area contributed by atoms with Crippen LogP contribution in [0.5, 0.6) is 0 Å². The number of nitrogens with one attached hydrogen (secondary N) is 1. The molecule has 3 rings (SSSR count). The van der Waals surface area contributed by atoms with Crippen molar-refractivity contribution in [1.82, 2.24) is 4.98 Å². The first-order valence-electron chi connectivity index (χ1n) is 6.27. The molecule has 3 N–H and O–H groups in total. The molecule has 0 saturated heterocycles. The molecule has 1 unspecified atom stereocenters. The molecule has 0 amide bonds. The average molecular weight is 278 g/mol. The molecule has 2 aromatic carbocycles. The van der Waals surface area contributed by atoms with Gasteiger partial charge in [-0.3, -0.25) is 0 Å². The third kappa shape index (κ3) is 2.36. The Kier molecular flexibility index (Phi) is 2.94. The van der Waals surface area contributed by atoms with Crippen molar-refractivity contribution in [2.24, 2.45) is 5.73 Å². The van der Waals surface area contributed by atoms with Crippen LogP contribution in [0.25, 0.3) is 21.8 Å². The normalized spacial score (nSPS) is 14.0. The first-order chi connectivity index (χ1) is 9.44. The molecule has 0 aliphatic carbocycles. The highest BCUT2D eigenvalue weighted by atomic mass is 19.4. The van der Waals surface area contributed by atoms with E-state index in [-0.39, 0.29) is 0 Å². The van der Waals surface area contributed by atoms with Crippen molar-refractivity contribution in [3.63, 3.8) is 0 Å². The summed E-state index contributed by atoms with van der Waals surface area (Å²) in [5.41, 5.74) is 8.01. The van der Waals surface area contributed by atoms with Gasteiger partial charge in [0.15, 0.2) is 0 Å². The van der Waals surface area contributed by atoms with Gasteiger partial charge in [0, 0.05) is 27.8 Å². The molecule has 0 aliphatic rings. The number of hydrogen-bond acceptors (Lipinski definition) is 1. The highest BCUT2D eigenvalue weighted by Crippen LogP contribution is 2.31. The zero-order valence-corrected chi connectivity index (χ0v) is 10.5. The molecule has 1 aromatic heterocycles. The Morgan fingerprint density at radius 2 is 1.70 bits per heavy atom. The molecular weight excluding hydrogens is 265 g/mol. The first-order valence-corrected chi connectivity index (χ1v) is 6.27. The first kappa shape index (κ1) is 13.0. The minimum atomic E-state index is -4.26. The van der Waals surface area contributed by atoms with E-state index in [0.717, 1.165) is 21.8 Å². The minimum absolute atomic E-state index is 0.500. The summed E-state index contributed by atoms with van der Waals surface area (Å²) in [6.45, 7) is 0. The number of H-pyrrole nitrogens is 1. The van der Waals surface area contributed by atoms with Gasteiger partial charge in [-0.2, -0.15) is 13.2 Å². The van der Waals surface area contributed by atoms with Crippen molar-refractivity contribution in [3.8, 4) is 0 Å². The summed E-state index contributed by atoms with van der Waals surface area (Å²) in [5, 5.41) is 1.89. The molecule has 104 valence electrons. The van der Waals surface area contributed by atoms with Gasteiger partial charge in [0.05, 0.1) is 6.42 Å². The highest BCUT2D eigenvalue weighted by Gasteiger charge is 2.31. The maximum absolute atomic E-state index is 12.4. The maximum atomic E-state index is 12.4. The Balaban J connectivity index is 2.07. The predicted molar refractivity (Wildman–Crippen MR) is 73.4 cm³/mol. The summed E-state index contributed by atoms with van der Waals surface area (Å²) >= 11 is 0. The number of aromatic amines is 1. The van der Waals surface area contributed by atoms with Gasteiger partial charge in [-0.15, -0.1) is 0 Å². The number of halogens is 3. The van der Waals surface area contributed by atoms with Crippen LogP contribution in [-0.2, 0) is 0 Å². The van der Waals surface area contributed by atoms with E-state index in [1.165, 1.54) is 0 Å². The Morgan fingerprint density at radius 1 is 1.00 bits per heavy atom. The van der Waals surface area contributed by atoms with Gasteiger partial charge in [0.25, 0.3) is 0 Å². The second-order valence-electron chi connectivity index (χ2n) is 4.90. The van der Waals surface area contributed by atoms with Gasteiger partial charge in [0.2, 0.25) is 0 Å². The van der Waals surface area contributed by atoms with Gasteiger partial charge < -0.3 is 10.7 Å². The minimum Gasteiger partial charge on any atom is -0.355 e. The van der Waals surface area contributed by atoms with Crippen LogP contribution in [0.2, 0.25) is 0 Å². The van der Waals surface area contributed by atoms with E-state index in [9.17, 15) is 13.2 Å². The molecule has 0 saturated carbocycles. The van der Waals surface area contributed by atoms with Gasteiger partial charge in [-0.25, -0.2) is 0 Å². The van der Waals surface area contributed by atoms with Crippen molar-refractivity contribution >= 4 is 21.8 Å². The number of para-hydroxylation sites is 1. The Labute approximate surface area is 113 Å². The zero-order chi connectivity index (χ0) is 14.3. The summed E-state index contributed by atoms with van der Waals surface area (Å²) in [4.78, 5) is 3.23. The topological polar surface area (TPSA) is 41.8 Å². The van der Waals surface area contributed by atoms with E-state index in [4.69, 9.17) is 5.73 Å². The SMILES string of the molecule is NC(CC(F)(F)F)c1ccc2[nH]c3ccccc3c2c1. The fourth-order valence-corrected chi connectivity index (χ4v) is 2.46. The van der Waals surface area contributed by atoms with E-state index in [0.29, 0.717) is 5.56 Å². The van der Waals surface area contributed by atoms with Gasteiger partial charge >= 0.3 is 6.18 Å². The van der Waals surface area contributed by atoms with Gasteiger partial charge in [-0.05, 0) is 23.8 Å². The molecule has 1 atom stereocenters. The quantitative estimate of drug-likeness (QED) is 0.722. The van der Waals surface area contributed by atoms with E-state index in [1.807, 2.05) is 24.3 Å². The molecule has 20 heavy (non-hydrogen) atoms. The average Bonchev–Trinajstić information content (AvgIpc) is 2.74. The van der Waals surface area contributed by atoms with Crippen LogP contribution >= 0.6 is 0 Å². The van der Waals surface area contributed by atoms with Crippen LogP contribution in [0.15, 0.2) is 42.5 Å². The van der Waals surface area contributed by atoms with Crippen LogP contribution in [0.4, 0.5) is 13.2 Å². The number of nitrogens with two attached hydrogens (primary N) is 1. The third-order valence-corrected chi connectivity index (χ3v) is 3.41. The number of fused-ring (bicyclic) bond motifs is 3. The van der Waals surface area contributed by atoms with Crippen LogP contribution in [-0.4, -0.2) is 11.2 Å². The van der Waals surface area contributed by atoms with Gasteiger partial charge in [0.1, 0.15) is 0 Å². The number of benzene rings is 2. The van der Waals surface area contributed by atoms with Gasteiger partial charge in [-0.1, -0.05) is 24.3 Å². The lowest BCUT2D eigenvalue weighted by atomic mass is 10.0. The molecule has 5 heteroatoms. The Bertz CT molecular complexity index is 758. The maximum Gasteiger partial charge on any atom is 0.390 e. The van der Waals surface area contributed by atoms with E-state index >= 15 is 0 Å². The summed E-state index contributed by atoms with van der Waals surface area (Å²) in [6, 6.07) is 11.8. The number of hydrogen-bond donors (Lipinski definition) is 2. The molecule has 0 radical (unpaired) electrons. The summed E-state index contributed by atoms with van der Waals surface area (Å²) < 4.78 is 37.2. The smallest absolute Gasteiger partial charge is 0.355 e. The summed E-state index contributed by atoms with van der Waals surface area (Å²) in [6.07, 6.45) is -5.27. The largest absolute Gasteiger partial charge is 0.390 e. The molecule has 0 aliphatic heterocycles. The van der Waals surface area contributed by atoms with Crippen LogP contribution in [0.3, 0.4) is 0 Å². The van der Waals surface area contributed by atoms with Crippen LogP contribution in [0, 0.1) is 0 Å². The van der Waals surface area contributed by atoms with Crippen molar-refractivity contribution in [3.05, 3.63) is 48.0 Å². The second-order valence-corrected chi connectivity index (χ2v) is 4.90. The monoisotopic (exact) mass is 278 g/mol. The highest BCUT2D eigenvalue weighted by molar-refractivity contribution is 6.07. The molecule has 0 fully saturated rings. The van der Waals surface area contributed by atoms with Crippen LogP contribution in [0.1, 0.15) is 18.0 Å². The lowest BCUT2D eigenvalue weighted by Crippen LogP contribution is -2.20. The second kappa shape index (κ2) is 4.52. The molecule has 0 spiro atoms. The number of rotatable bonds is 2.